The van der Waals surface area contributed by atoms with Crippen molar-refractivity contribution in [2.75, 3.05) is 27.2 Å². The molecule has 0 fully saturated rings. The largest absolute Gasteiger partial charge is 0.508 e. The van der Waals surface area contributed by atoms with Crippen molar-refractivity contribution >= 4 is 23.6 Å². The second kappa shape index (κ2) is 12.5. The number of aromatic hydroxyl groups is 1. The van der Waals surface area contributed by atoms with Gasteiger partial charge in [0.2, 0.25) is 0 Å². The fourth-order valence-corrected chi connectivity index (χ4v) is 3.80. The first-order chi connectivity index (χ1) is 15.4. The van der Waals surface area contributed by atoms with Crippen LogP contribution in [0.25, 0.3) is 11.1 Å². The molecule has 3 aromatic carbocycles. The fourth-order valence-electron chi connectivity index (χ4n) is 3.80. The number of nitrogens with zero attached hydrogens (tertiary/aromatic N) is 1. The predicted molar refractivity (Wildman–Crippen MR) is 143 cm³/mol. The summed E-state index contributed by atoms with van der Waals surface area (Å²) in [6.07, 6.45) is 0.901. The summed E-state index contributed by atoms with van der Waals surface area (Å²) in [6.45, 7) is 8.18. The quantitative estimate of drug-likeness (QED) is 0.338. The lowest BCUT2D eigenvalue weighted by molar-refractivity contribution is 0.261. The van der Waals surface area contributed by atoms with Crippen molar-refractivity contribution in [1.82, 2.24) is 4.90 Å². The first kappa shape index (κ1) is 26.5. The Morgan fingerprint density at radius 1 is 0.818 bits per heavy atom. The van der Waals surface area contributed by atoms with E-state index in [4.69, 9.17) is 4.74 Å². The predicted octanol–water partition coefficient (Wildman–Crippen LogP) is 7.25. The van der Waals surface area contributed by atoms with Gasteiger partial charge in [0.15, 0.2) is 0 Å². The summed E-state index contributed by atoms with van der Waals surface area (Å²) in [6, 6.07) is 24.7. The number of ether oxygens (including phenoxy) is 1. The van der Waals surface area contributed by atoms with Crippen LogP contribution >= 0.6 is 12.4 Å². The topological polar surface area (TPSA) is 32.7 Å². The lowest BCUT2D eigenvalue weighted by atomic mass is 9.87. The highest BCUT2D eigenvalue weighted by Gasteiger charge is 2.14. The van der Waals surface area contributed by atoms with E-state index in [1.54, 1.807) is 12.1 Å². The van der Waals surface area contributed by atoms with Gasteiger partial charge in [-0.25, -0.2) is 0 Å². The van der Waals surface area contributed by atoms with Crippen molar-refractivity contribution in [3.63, 3.8) is 0 Å². The van der Waals surface area contributed by atoms with E-state index in [0.29, 0.717) is 12.5 Å². The second-order valence-electron chi connectivity index (χ2n) is 8.71. The third kappa shape index (κ3) is 7.12. The van der Waals surface area contributed by atoms with Crippen LogP contribution in [-0.4, -0.2) is 37.3 Å². The van der Waals surface area contributed by atoms with Crippen molar-refractivity contribution in [3.8, 4) is 11.5 Å². The molecule has 0 aliphatic heterocycles. The lowest BCUT2D eigenvalue weighted by Crippen LogP contribution is -2.19. The minimum atomic E-state index is 0. The highest BCUT2D eigenvalue weighted by Crippen LogP contribution is 2.36. The standard InChI is InChI=1S/C29H35NO2.ClH/c1-6-28(23-9-7-22(8-10-23)21(2)3)29(24-11-15-26(31)16-12-24)25-13-17-27(18-14-25)32-20-19-30(4)5;/h7-18,21,31H,6,19-20H2,1-5H3;1H/b29-28-;. The summed E-state index contributed by atoms with van der Waals surface area (Å²) < 4.78 is 5.89. The Kier molecular flexibility index (Phi) is 10.0. The third-order valence-corrected chi connectivity index (χ3v) is 5.69. The number of phenols is 1. The van der Waals surface area contributed by atoms with E-state index in [1.807, 2.05) is 38.4 Å². The van der Waals surface area contributed by atoms with Crippen LogP contribution in [0.1, 0.15) is 55.4 Å². The molecule has 0 radical (unpaired) electrons. The Labute approximate surface area is 205 Å². The van der Waals surface area contributed by atoms with Gasteiger partial charge in [-0.2, -0.15) is 0 Å². The average molecular weight is 466 g/mol. The molecule has 0 unspecified atom stereocenters. The molecule has 0 amide bonds. The molecule has 0 heterocycles. The van der Waals surface area contributed by atoms with Crippen molar-refractivity contribution < 1.29 is 9.84 Å². The van der Waals surface area contributed by atoms with Crippen molar-refractivity contribution in [3.05, 3.63) is 95.1 Å². The van der Waals surface area contributed by atoms with E-state index in [2.05, 4.69) is 62.1 Å². The van der Waals surface area contributed by atoms with Crippen LogP contribution in [0.5, 0.6) is 11.5 Å². The zero-order valence-electron chi connectivity index (χ0n) is 20.3. The monoisotopic (exact) mass is 465 g/mol. The Bertz CT molecular complexity index is 1020. The lowest BCUT2D eigenvalue weighted by Gasteiger charge is -2.18. The number of hydrogen-bond donors (Lipinski definition) is 1. The molecule has 0 atom stereocenters. The first-order valence-electron chi connectivity index (χ1n) is 11.4. The Morgan fingerprint density at radius 2 is 1.33 bits per heavy atom. The van der Waals surface area contributed by atoms with Gasteiger partial charge in [0, 0.05) is 6.54 Å². The highest BCUT2D eigenvalue weighted by molar-refractivity contribution is 5.98. The van der Waals surface area contributed by atoms with Crippen LogP contribution in [0.15, 0.2) is 72.8 Å². The molecule has 0 saturated heterocycles. The molecule has 0 aliphatic rings. The summed E-state index contributed by atoms with van der Waals surface area (Å²) in [5, 5.41) is 9.83. The molecule has 3 aromatic rings. The Hall–Kier alpha value is -2.75. The number of likely N-dealkylation sites (N-methyl/N-ethyl adjacent to an activating group) is 1. The molecular weight excluding hydrogens is 430 g/mol. The smallest absolute Gasteiger partial charge is 0.119 e. The number of halogens is 1. The zero-order chi connectivity index (χ0) is 23.1. The number of benzene rings is 3. The molecule has 3 nitrogen and oxygen atoms in total. The second-order valence-corrected chi connectivity index (χ2v) is 8.71. The molecule has 176 valence electrons. The third-order valence-electron chi connectivity index (χ3n) is 5.69. The first-order valence-corrected chi connectivity index (χ1v) is 11.4. The number of rotatable bonds is 9. The highest BCUT2D eigenvalue weighted by atomic mass is 35.5. The molecule has 33 heavy (non-hydrogen) atoms. The van der Waals surface area contributed by atoms with Crippen molar-refractivity contribution in [2.24, 2.45) is 0 Å². The van der Waals surface area contributed by atoms with E-state index in [-0.39, 0.29) is 18.2 Å². The van der Waals surface area contributed by atoms with E-state index in [0.717, 1.165) is 29.8 Å². The fraction of sp³-hybridized carbons (Fsp3) is 0.310. The average Bonchev–Trinajstić information content (AvgIpc) is 2.79. The maximum atomic E-state index is 9.83. The molecule has 1 N–H and O–H groups in total. The molecule has 0 bridgehead atoms. The SMILES string of the molecule is CC/C(=C(\c1ccc(O)cc1)c1ccc(OCCN(C)C)cc1)c1ccc(C(C)C)cc1.Cl. The summed E-state index contributed by atoms with van der Waals surface area (Å²) >= 11 is 0. The molecule has 0 aromatic heterocycles. The molecule has 3 rings (SSSR count). The number of allylic oxidation sites excluding steroid dienone is 1. The zero-order valence-corrected chi connectivity index (χ0v) is 21.2. The molecule has 4 heteroatoms. The van der Waals surface area contributed by atoms with Gasteiger partial charge in [0.1, 0.15) is 18.1 Å². The minimum absolute atomic E-state index is 0. The van der Waals surface area contributed by atoms with Gasteiger partial charge in [-0.05, 0) is 84.1 Å². The van der Waals surface area contributed by atoms with Crippen LogP contribution in [-0.2, 0) is 0 Å². The Balaban J connectivity index is 0.00000385. The normalized spacial score (nSPS) is 11.8. The van der Waals surface area contributed by atoms with Gasteiger partial charge in [-0.3, -0.25) is 0 Å². The van der Waals surface area contributed by atoms with Gasteiger partial charge in [-0.15, -0.1) is 12.4 Å². The van der Waals surface area contributed by atoms with Gasteiger partial charge in [0.05, 0.1) is 0 Å². The summed E-state index contributed by atoms with van der Waals surface area (Å²) in [7, 11) is 4.09. The minimum Gasteiger partial charge on any atom is -0.508 e. The van der Waals surface area contributed by atoms with Crippen LogP contribution in [0, 0.1) is 0 Å². The maximum absolute atomic E-state index is 9.83. The summed E-state index contributed by atoms with van der Waals surface area (Å²) in [5.74, 6) is 1.66. The summed E-state index contributed by atoms with van der Waals surface area (Å²) in [4.78, 5) is 2.11. The van der Waals surface area contributed by atoms with E-state index in [9.17, 15) is 5.11 Å². The van der Waals surface area contributed by atoms with Crippen LogP contribution < -0.4 is 4.74 Å². The molecular formula is C29H36ClNO2. The van der Waals surface area contributed by atoms with Gasteiger partial charge < -0.3 is 14.7 Å². The van der Waals surface area contributed by atoms with Crippen molar-refractivity contribution in [2.45, 2.75) is 33.1 Å². The molecule has 0 spiro atoms. The van der Waals surface area contributed by atoms with Gasteiger partial charge in [-0.1, -0.05) is 69.3 Å². The van der Waals surface area contributed by atoms with Gasteiger partial charge in [0.25, 0.3) is 0 Å². The van der Waals surface area contributed by atoms with E-state index >= 15 is 0 Å². The van der Waals surface area contributed by atoms with Crippen LogP contribution in [0.2, 0.25) is 0 Å². The van der Waals surface area contributed by atoms with E-state index in [1.165, 1.54) is 22.3 Å². The number of hydrogen-bond acceptors (Lipinski definition) is 3. The van der Waals surface area contributed by atoms with Gasteiger partial charge >= 0.3 is 0 Å². The molecule has 0 aliphatic carbocycles. The van der Waals surface area contributed by atoms with Crippen LogP contribution in [0.3, 0.4) is 0 Å². The maximum Gasteiger partial charge on any atom is 0.119 e. The Morgan fingerprint density at radius 3 is 1.82 bits per heavy atom. The van der Waals surface area contributed by atoms with E-state index < -0.39 is 0 Å². The summed E-state index contributed by atoms with van der Waals surface area (Å²) in [5.41, 5.74) is 7.27. The van der Waals surface area contributed by atoms with Crippen LogP contribution in [0.4, 0.5) is 0 Å². The molecule has 0 saturated carbocycles. The number of phenolic OH excluding ortho intramolecular Hbond substituents is 1. The van der Waals surface area contributed by atoms with Crippen molar-refractivity contribution in [1.29, 1.82) is 0 Å².